The predicted octanol–water partition coefficient (Wildman–Crippen LogP) is 6.55. The SMILES string of the molecule is COC(=O)c1ccc(-c2cc(-c3cc(OC(C)C)cc(C(C)(C)C)c3)n(-c3ccc(C(=O)N4CCOCC4)cc3)n2)cc1. The highest BCUT2D eigenvalue weighted by Gasteiger charge is 2.22. The average molecular weight is 582 g/mol. The van der Waals surface area contributed by atoms with E-state index >= 15 is 0 Å². The number of morpholine rings is 1. The first-order valence-electron chi connectivity index (χ1n) is 14.6. The summed E-state index contributed by atoms with van der Waals surface area (Å²) in [7, 11) is 1.37. The third kappa shape index (κ3) is 6.81. The number of nitrogens with zero attached hydrogens (tertiary/aromatic N) is 3. The highest BCUT2D eigenvalue weighted by Crippen LogP contribution is 2.35. The second-order valence-corrected chi connectivity index (χ2v) is 12.0. The molecule has 1 saturated heterocycles. The lowest BCUT2D eigenvalue weighted by molar-refractivity contribution is 0.0303. The molecule has 8 nitrogen and oxygen atoms in total. The smallest absolute Gasteiger partial charge is 0.337 e. The van der Waals surface area contributed by atoms with Crippen LogP contribution in [0.1, 0.15) is 60.9 Å². The summed E-state index contributed by atoms with van der Waals surface area (Å²) in [6.45, 7) is 12.9. The lowest BCUT2D eigenvalue weighted by Crippen LogP contribution is -2.40. The van der Waals surface area contributed by atoms with E-state index in [1.807, 2.05) is 72.0 Å². The van der Waals surface area contributed by atoms with Crippen LogP contribution in [0.2, 0.25) is 0 Å². The summed E-state index contributed by atoms with van der Waals surface area (Å²) < 4.78 is 18.3. The van der Waals surface area contributed by atoms with Crippen molar-refractivity contribution in [2.75, 3.05) is 33.4 Å². The number of hydrogen-bond acceptors (Lipinski definition) is 6. The minimum absolute atomic E-state index is 0.00437. The van der Waals surface area contributed by atoms with Crippen LogP contribution in [0, 0.1) is 0 Å². The topological polar surface area (TPSA) is 82.9 Å². The second kappa shape index (κ2) is 12.4. The minimum atomic E-state index is -0.388. The highest BCUT2D eigenvalue weighted by atomic mass is 16.5. The van der Waals surface area contributed by atoms with Crippen LogP contribution in [0.25, 0.3) is 28.2 Å². The molecule has 0 aliphatic carbocycles. The molecule has 0 saturated carbocycles. The minimum Gasteiger partial charge on any atom is -0.491 e. The van der Waals surface area contributed by atoms with E-state index in [0.717, 1.165) is 39.5 Å². The quantitative estimate of drug-likeness (QED) is 0.230. The normalized spacial score (nSPS) is 13.7. The second-order valence-electron chi connectivity index (χ2n) is 12.0. The van der Waals surface area contributed by atoms with E-state index in [4.69, 9.17) is 19.3 Å². The van der Waals surface area contributed by atoms with Gasteiger partial charge in [-0.3, -0.25) is 4.79 Å². The van der Waals surface area contributed by atoms with Crippen molar-refractivity contribution < 1.29 is 23.8 Å². The van der Waals surface area contributed by atoms with Gasteiger partial charge in [-0.15, -0.1) is 0 Å². The summed E-state index contributed by atoms with van der Waals surface area (Å²) in [5.41, 5.74) is 6.39. The maximum absolute atomic E-state index is 13.1. The molecule has 4 aromatic rings. The number of rotatable bonds is 7. The summed E-state index contributed by atoms with van der Waals surface area (Å²) in [4.78, 5) is 26.9. The van der Waals surface area contributed by atoms with E-state index in [1.54, 1.807) is 12.1 Å². The molecule has 1 aliphatic heterocycles. The number of esters is 1. The van der Waals surface area contributed by atoms with Gasteiger partial charge in [0.15, 0.2) is 0 Å². The van der Waals surface area contributed by atoms with Crippen LogP contribution in [0.4, 0.5) is 0 Å². The average Bonchev–Trinajstić information content (AvgIpc) is 3.46. The molecule has 224 valence electrons. The third-order valence-corrected chi connectivity index (χ3v) is 7.41. The first-order valence-corrected chi connectivity index (χ1v) is 14.6. The Morgan fingerprint density at radius 3 is 2.12 bits per heavy atom. The molecule has 0 atom stereocenters. The molecular weight excluding hydrogens is 542 g/mol. The van der Waals surface area contributed by atoms with Crippen molar-refractivity contribution >= 4 is 11.9 Å². The van der Waals surface area contributed by atoms with Gasteiger partial charge in [0.25, 0.3) is 5.91 Å². The Bertz CT molecular complexity index is 1590. The van der Waals surface area contributed by atoms with Gasteiger partial charge in [-0.2, -0.15) is 5.10 Å². The van der Waals surface area contributed by atoms with Gasteiger partial charge >= 0.3 is 5.97 Å². The molecule has 5 rings (SSSR count). The van der Waals surface area contributed by atoms with Gasteiger partial charge < -0.3 is 19.1 Å². The van der Waals surface area contributed by atoms with Gasteiger partial charge in [0.2, 0.25) is 0 Å². The Hall–Kier alpha value is -4.43. The monoisotopic (exact) mass is 581 g/mol. The van der Waals surface area contributed by atoms with Gasteiger partial charge in [0, 0.05) is 29.8 Å². The van der Waals surface area contributed by atoms with E-state index < -0.39 is 0 Å². The van der Waals surface area contributed by atoms with Gasteiger partial charge in [0.1, 0.15) is 5.75 Å². The lowest BCUT2D eigenvalue weighted by atomic mass is 9.85. The summed E-state index contributed by atoms with van der Waals surface area (Å²) in [5.74, 6) is 0.400. The van der Waals surface area contributed by atoms with Crippen LogP contribution >= 0.6 is 0 Å². The van der Waals surface area contributed by atoms with E-state index in [-0.39, 0.29) is 23.4 Å². The van der Waals surface area contributed by atoms with Gasteiger partial charge in [-0.1, -0.05) is 32.9 Å². The molecule has 43 heavy (non-hydrogen) atoms. The van der Waals surface area contributed by atoms with Gasteiger partial charge in [0.05, 0.1) is 49.1 Å². The van der Waals surface area contributed by atoms with Crippen molar-refractivity contribution in [3.8, 4) is 34.0 Å². The van der Waals surface area contributed by atoms with Crippen molar-refractivity contribution in [3.63, 3.8) is 0 Å². The number of carbonyl (C=O) groups is 2. The van der Waals surface area contributed by atoms with E-state index in [9.17, 15) is 9.59 Å². The number of aromatic nitrogens is 2. The van der Waals surface area contributed by atoms with Crippen molar-refractivity contribution in [1.82, 2.24) is 14.7 Å². The molecule has 1 aliphatic rings. The maximum Gasteiger partial charge on any atom is 0.337 e. The molecular formula is C35H39N3O5. The molecule has 1 amide bonds. The number of methoxy groups -OCH3 is 1. The first kappa shape index (κ1) is 30.0. The van der Waals surface area contributed by atoms with Crippen molar-refractivity contribution in [3.05, 3.63) is 89.5 Å². The number of ether oxygens (including phenoxy) is 3. The Labute approximate surface area is 253 Å². The van der Waals surface area contributed by atoms with Crippen molar-refractivity contribution in [2.24, 2.45) is 0 Å². The zero-order valence-corrected chi connectivity index (χ0v) is 25.7. The van der Waals surface area contributed by atoms with Gasteiger partial charge in [-0.05, 0) is 85.5 Å². The Morgan fingerprint density at radius 2 is 1.51 bits per heavy atom. The molecule has 0 bridgehead atoms. The zero-order valence-electron chi connectivity index (χ0n) is 25.7. The Balaban J connectivity index is 1.60. The summed E-state index contributed by atoms with van der Waals surface area (Å²) >= 11 is 0. The van der Waals surface area contributed by atoms with Crippen LogP contribution in [-0.2, 0) is 14.9 Å². The fourth-order valence-corrected chi connectivity index (χ4v) is 5.03. The third-order valence-electron chi connectivity index (χ3n) is 7.41. The Morgan fingerprint density at radius 1 is 0.860 bits per heavy atom. The molecule has 3 aromatic carbocycles. The molecule has 0 spiro atoms. The van der Waals surface area contributed by atoms with Crippen LogP contribution in [0.5, 0.6) is 5.75 Å². The van der Waals surface area contributed by atoms with Crippen molar-refractivity contribution in [2.45, 2.75) is 46.1 Å². The molecule has 1 aromatic heterocycles. The number of amides is 1. The fraction of sp³-hybridized carbons (Fsp3) is 0.343. The summed E-state index contributed by atoms with van der Waals surface area (Å²) in [6, 6.07) is 23.1. The highest BCUT2D eigenvalue weighted by molar-refractivity contribution is 5.94. The molecule has 1 fully saturated rings. The van der Waals surface area contributed by atoms with Crippen molar-refractivity contribution in [1.29, 1.82) is 0 Å². The van der Waals surface area contributed by atoms with Gasteiger partial charge in [-0.25, -0.2) is 9.48 Å². The standard InChI is InChI=1S/C35H39N3O5/c1-23(2)43-30-20-27(19-28(21-30)35(3,4)5)32-22-31(24-7-9-26(10-8-24)34(40)41-6)36-38(32)29-13-11-25(12-14-29)33(39)37-15-17-42-18-16-37/h7-14,19-23H,15-18H2,1-6H3. The van der Waals surface area contributed by atoms with Crippen LogP contribution in [0.15, 0.2) is 72.8 Å². The molecule has 2 heterocycles. The number of benzene rings is 3. The maximum atomic E-state index is 13.1. The predicted molar refractivity (Wildman–Crippen MR) is 167 cm³/mol. The van der Waals surface area contributed by atoms with E-state index in [0.29, 0.717) is 37.4 Å². The molecule has 8 heteroatoms. The lowest BCUT2D eigenvalue weighted by Gasteiger charge is -2.26. The van der Waals surface area contributed by atoms with Crippen LogP contribution < -0.4 is 4.74 Å². The Kier molecular flexibility index (Phi) is 8.69. The zero-order chi connectivity index (χ0) is 30.7. The van der Waals surface area contributed by atoms with E-state index in [1.165, 1.54) is 7.11 Å². The summed E-state index contributed by atoms with van der Waals surface area (Å²) in [5, 5.41) is 5.02. The number of hydrogen-bond donors (Lipinski definition) is 0. The molecule has 0 N–H and O–H groups in total. The van der Waals surface area contributed by atoms with E-state index in [2.05, 4.69) is 32.9 Å². The molecule has 0 unspecified atom stereocenters. The largest absolute Gasteiger partial charge is 0.491 e. The summed E-state index contributed by atoms with van der Waals surface area (Å²) in [6.07, 6.45) is 0.0217. The number of carbonyl (C=O) groups excluding carboxylic acids is 2. The molecule has 0 radical (unpaired) electrons. The fourth-order valence-electron chi connectivity index (χ4n) is 5.03. The van der Waals surface area contributed by atoms with Crippen LogP contribution in [0.3, 0.4) is 0 Å². The van der Waals surface area contributed by atoms with Crippen LogP contribution in [-0.4, -0.2) is 66.1 Å². The first-order chi connectivity index (χ1) is 20.5.